The van der Waals surface area contributed by atoms with Gasteiger partial charge in [0.1, 0.15) is 12.1 Å². The molecule has 0 radical (unpaired) electrons. The zero-order chi connectivity index (χ0) is 13.6. The highest BCUT2D eigenvalue weighted by atomic mass is 16.5. The second kappa shape index (κ2) is 4.47. The molecule has 0 aromatic carbocycles. The van der Waals surface area contributed by atoms with Crippen molar-refractivity contribution in [3.05, 3.63) is 0 Å². The third kappa shape index (κ3) is 2.14. The highest BCUT2D eigenvalue weighted by Gasteiger charge is 2.49. The highest BCUT2D eigenvalue weighted by Crippen LogP contribution is 2.39. The molecule has 1 saturated heterocycles. The largest absolute Gasteiger partial charge is 0.376 e. The summed E-state index contributed by atoms with van der Waals surface area (Å²) in [6, 6.07) is -0.673. The molecule has 19 heavy (non-hydrogen) atoms. The van der Waals surface area contributed by atoms with Gasteiger partial charge in [0.2, 0.25) is 11.8 Å². The third-order valence-corrected chi connectivity index (χ3v) is 4.94. The van der Waals surface area contributed by atoms with E-state index < -0.39 is 0 Å². The molecule has 5 heteroatoms. The fourth-order valence-corrected chi connectivity index (χ4v) is 3.12. The van der Waals surface area contributed by atoms with Crippen LogP contribution in [0.5, 0.6) is 0 Å². The van der Waals surface area contributed by atoms with Gasteiger partial charge in [-0.25, -0.2) is 0 Å². The number of rotatable bonds is 4. The Hall–Kier alpha value is -1.10. The molecular weight excluding hydrogens is 244 g/mol. The maximum absolute atomic E-state index is 12.6. The van der Waals surface area contributed by atoms with Gasteiger partial charge in [-0.2, -0.15) is 0 Å². The molecule has 3 rings (SSSR count). The van der Waals surface area contributed by atoms with Crippen LogP contribution >= 0.6 is 0 Å². The van der Waals surface area contributed by atoms with Crippen molar-refractivity contribution in [1.82, 2.24) is 10.2 Å². The van der Waals surface area contributed by atoms with Crippen molar-refractivity contribution in [2.45, 2.75) is 56.7 Å². The smallest absolute Gasteiger partial charge is 0.246 e. The fraction of sp³-hybridized carbons (Fsp3) is 0.857. The molecular formula is C14H22N2O3. The number of carbonyl (C=O) groups excluding carboxylic acids is 2. The molecule has 2 unspecified atom stereocenters. The predicted molar refractivity (Wildman–Crippen MR) is 69.4 cm³/mol. The van der Waals surface area contributed by atoms with Crippen molar-refractivity contribution < 1.29 is 14.3 Å². The molecule has 3 aliphatic rings. The quantitative estimate of drug-likeness (QED) is 0.814. The summed E-state index contributed by atoms with van der Waals surface area (Å²) in [4.78, 5) is 26.3. The Morgan fingerprint density at radius 1 is 1.37 bits per heavy atom. The lowest BCUT2D eigenvalue weighted by Crippen LogP contribution is -2.66. The zero-order valence-corrected chi connectivity index (χ0v) is 11.6. The summed E-state index contributed by atoms with van der Waals surface area (Å²) < 4.78 is 5.59. The molecule has 2 atom stereocenters. The van der Waals surface area contributed by atoms with E-state index in [0.717, 1.165) is 32.1 Å². The van der Waals surface area contributed by atoms with E-state index in [1.54, 1.807) is 18.9 Å². The Bertz CT molecular complexity index is 396. The Balaban J connectivity index is 1.76. The van der Waals surface area contributed by atoms with Crippen molar-refractivity contribution in [3.8, 4) is 0 Å². The molecule has 2 amide bonds. The molecule has 0 bridgehead atoms. The van der Waals surface area contributed by atoms with E-state index in [-0.39, 0.29) is 29.5 Å². The number of carbonyl (C=O) groups is 2. The monoisotopic (exact) mass is 266 g/mol. The summed E-state index contributed by atoms with van der Waals surface area (Å²) in [5, 5.41) is 2.88. The van der Waals surface area contributed by atoms with Gasteiger partial charge < -0.3 is 15.0 Å². The average molecular weight is 266 g/mol. The molecule has 0 aromatic heterocycles. The van der Waals surface area contributed by atoms with Crippen LogP contribution in [0, 0.1) is 5.92 Å². The van der Waals surface area contributed by atoms with Crippen molar-refractivity contribution in [2.75, 3.05) is 13.7 Å². The van der Waals surface area contributed by atoms with Crippen LogP contribution in [0.2, 0.25) is 0 Å². The minimum Gasteiger partial charge on any atom is -0.376 e. The van der Waals surface area contributed by atoms with Gasteiger partial charge in [0.25, 0.3) is 0 Å². The van der Waals surface area contributed by atoms with Crippen molar-refractivity contribution in [2.24, 2.45) is 5.92 Å². The van der Waals surface area contributed by atoms with Crippen molar-refractivity contribution in [1.29, 1.82) is 0 Å². The van der Waals surface area contributed by atoms with E-state index >= 15 is 0 Å². The number of amides is 2. The summed E-state index contributed by atoms with van der Waals surface area (Å²) in [6.45, 7) is 2.36. The number of ether oxygens (including phenoxy) is 1. The van der Waals surface area contributed by atoms with Crippen LogP contribution in [0.4, 0.5) is 0 Å². The second-order valence-electron chi connectivity index (χ2n) is 6.21. The van der Waals surface area contributed by atoms with Crippen LogP contribution in [0.1, 0.15) is 39.0 Å². The predicted octanol–water partition coefficient (Wildman–Crippen LogP) is 0.681. The Morgan fingerprint density at radius 2 is 2.05 bits per heavy atom. The van der Waals surface area contributed by atoms with E-state index in [1.165, 1.54) is 0 Å². The van der Waals surface area contributed by atoms with E-state index in [0.29, 0.717) is 12.5 Å². The van der Waals surface area contributed by atoms with Gasteiger partial charge in [0.05, 0.1) is 12.1 Å². The Labute approximate surface area is 113 Å². The first-order chi connectivity index (χ1) is 9.06. The maximum Gasteiger partial charge on any atom is 0.246 e. The minimum absolute atomic E-state index is 0.0259. The third-order valence-electron chi connectivity index (χ3n) is 4.94. The molecule has 1 aliphatic heterocycles. The fourth-order valence-electron chi connectivity index (χ4n) is 3.12. The van der Waals surface area contributed by atoms with Crippen molar-refractivity contribution >= 4 is 11.8 Å². The molecule has 3 fully saturated rings. The van der Waals surface area contributed by atoms with Crippen LogP contribution in [0.3, 0.4) is 0 Å². The maximum atomic E-state index is 12.6. The minimum atomic E-state index is -0.380. The summed E-state index contributed by atoms with van der Waals surface area (Å²) in [5.41, 5.74) is -0.213. The number of nitrogens with zero attached hydrogens (tertiary/aromatic N) is 1. The van der Waals surface area contributed by atoms with Gasteiger partial charge in [0, 0.05) is 7.11 Å². The zero-order valence-electron chi connectivity index (χ0n) is 11.6. The molecule has 5 nitrogen and oxygen atoms in total. The number of nitrogens with one attached hydrogen (secondary N) is 1. The van der Waals surface area contributed by atoms with Gasteiger partial charge in [-0.05, 0) is 44.9 Å². The second-order valence-corrected chi connectivity index (χ2v) is 6.21. The lowest BCUT2D eigenvalue weighted by molar-refractivity contribution is -0.158. The molecule has 106 valence electrons. The SMILES string of the molecule is COC1(CN2C(=O)C(C3CC3)NC(=O)C2C)CCC1. The van der Waals surface area contributed by atoms with E-state index in [2.05, 4.69) is 5.32 Å². The number of piperazine rings is 1. The Morgan fingerprint density at radius 3 is 2.53 bits per heavy atom. The number of hydrogen-bond acceptors (Lipinski definition) is 3. The normalized spacial score (nSPS) is 33.9. The average Bonchev–Trinajstić information content (AvgIpc) is 3.16. The topological polar surface area (TPSA) is 58.6 Å². The van der Waals surface area contributed by atoms with E-state index in [4.69, 9.17) is 4.74 Å². The van der Waals surface area contributed by atoms with Crippen LogP contribution < -0.4 is 5.32 Å². The van der Waals surface area contributed by atoms with Crippen LogP contribution in [-0.4, -0.2) is 48.1 Å². The number of hydrogen-bond donors (Lipinski definition) is 1. The van der Waals surface area contributed by atoms with Crippen LogP contribution in [-0.2, 0) is 14.3 Å². The highest BCUT2D eigenvalue weighted by molar-refractivity contribution is 5.97. The number of methoxy groups -OCH3 is 1. The van der Waals surface area contributed by atoms with Gasteiger partial charge >= 0.3 is 0 Å². The van der Waals surface area contributed by atoms with Gasteiger partial charge in [0.15, 0.2) is 0 Å². The first kappa shape index (κ1) is 12.9. The summed E-state index contributed by atoms with van der Waals surface area (Å²) in [6.07, 6.45) is 5.20. The molecule has 2 saturated carbocycles. The standard InChI is InChI=1S/C14H22N2O3/c1-9-12(17)15-11(10-4-5-10)13(18)16(9)8-14(19-2)6-3-7-14/h9-11H,3-8H2,1-2H3,(H,15,17). The first-order valence-electron chi connectivity index (χ1n) is 7.22. The van der Waals surface area contributed by atoms with E-state index in [9.17, 15) is 9.59 Å². The summed E-state index contributed by atoms with van der Waals surface area (Å²) in [5.74, 6) is 0.409. The molecule has 1 N–H and O–H groups in total. The van der Waals surface area contributed by atoms with E-state index in [1.807, 2.05) is 0 Å². The summed E-state index contributed by atoms with van der Waals surface area (Å²) >= 11 is 0. The van der Waals surface area contributed by atoms with Crippen molar-refractivity contribution in [3.63, 3.8) is 0 Å². The van der Waals surface area contributed by atoms with Crippen LogP contribution in [0.25, 0.3) is 0 Å². The van der Waals surface area contributed by atoms with Gasteiger partial charge in [-0.1, -0.05) is 0 Å². The van der Waals surface area contributed by atoms with Crippen LogP contribution in [0.15, 0.2) is 0 Å². The molecule has 2 aliphatic carbocycles. The molecule has 1 heterocycles. The summed E-state index contributed by atoms with van der Waals surface area (Å²) in [7, 11) is 1.71. The molecule has 0 spiro atoms. The lowest BCUT2D eigenvalue weighted by Gasteiger charge is -2.47. The lowest BCUT2D eigenvalue weighted by atomic mass is 9.79. The van der Waals surface area contributed by atoms with Gasteiger partial charge in [-0.3, -0.25) is 9.59 Å². The van der Waals surface area contributed by atoms with Gasteiger partial charge in [-0.15, -0.1) is 0 Å². The first-order valence-corrected chi connectivity index (χ1v) is 7.22. The Kier molecular flexibility index (Phi) is 3.04. The molecule has 0 aromatic rings.